The van der Waals surface area contributed by atoms with Gasteiger partial charge in [0.05, 0.1) is 0 Å². The van der Waals surface area contributed by atoms with E-state index >= 15 is 0 Å². The van der Waals surface area contributed by atoms with Crippen LogP contribution in [0.25, 0.3) is 0 Å². The highest BCUT2D eigenvalue weighted by Crippen LogP contribution is 2.39. The van der Waals surface area contributed by atoms with Crippen molar-refractivity contribution in [2.75, 3.05) is 12.3 Å². The normalized spacial score (nSPS) is 30.6. The SMILES string of the molecule is CC1CCC(CN)(c2nc(N)n(C)n2)CC1. The molecule has 0 bridgehead atoms. The highest BCUT2D eigenvalue weighted by molar-refractivity contribution is 5.21. The summed E-state index contributed by atoms with van der Waals surface area (Å²) in [5.74, 6) is 2.10. The van der Waals surface area contributed by atoms with Gasteiger partial charge < -0.3 is 11.5 Å². The second-order valence-electron chi connectivity index (χ2n) is 5.08. The maximum absolute atomic E-state index is 5.94. The third kappa shape index (κ3) is 1.80. The van der Waals surface area contributed by atoms with Crippen molar-refractivity contribution in [3.63, 3.8) is 0 Å². The summed E-state index contributed by atoms with van der Waals surface area (Å²) in [6.07, 6.45) is 4.56. The minimum absolute atomic E-state index is 0.0398. The molecular weight excluding hydrogens is 202 g/mol. The lowest BCUT2D eigenvalue weighted by Crippen LogP contribution is -2.39. The van der Waals surface area contributed by atoms with E-state index < -0.39 is 0 Å². The summed E-state index contributed by atoms with van der Waals surface area (Å²) >= 11 is 0. The molecule has 0 atom stereocenters. The summed E-state index contributed by atoms with van der Waals surface area (Å²) in [5, 5.41) is 4.40. The first-order valence-corrected chi connectivity index (χ1v) is 5.94. The summed E-state index contributed by atoms with van der Waals surface area (Å²) in [4.78, 5) is 4.35. The van der Waals surface area contributed by atoms with Crippen LogP contribution >= 0.6 is 0 Å². The number of nitrogens with two attached hydrogens (primary N) is 2. The number of aromatic nitrogens is 3. The smallest absolute Gasteiger partial charge is 0.218 e. The minimum atomic E-state index is -0.0398. The van der Waals surface area contributed by atoms with Gasteiger partial charge in [0.2, 0.25) is 5.95 Å². The van der Waals surface area contributed by atoms with Crippen molar-refractivity contribution in [2.24, 2.45) is 18.7 Å². The molecule has 1 heterocycles. The Hall–Kier alpha value is -1.10. The molecule has 1 saturated carbocycles. The molecule has 0 saturated heterocycles. The van der Waals surface area contributed by atoms with E-state index in [9.17, 15) is 0 Å². The summed E-state index contributed by atoms with van der Waals surface area (Å²) in [7, 11) is 1.82. The first-order valence-electron chi connectivity index (χ1n) is 5.94. The topological polar surface area (TPSA) is 82.7 Å². The lowest BCUT2D eigenvalue weighted by Gasteiger charge is -2.36. The van der Waals surface area contributed by atoms with Crippen molar-refractivity contribution in [2.45, 2.75) is 38.0 Å². The third-order valence-corrected chi connectivity index (χ3v) is 3.89. The van der Waals surface area contributed by atoms with Crippen LogP contribution < -0.4 is 11.5 Å². The molecule has 4 N–H and O–H groups in total. The van der Waals surface area contributed by atoms with Gasteiger partial charge in [-0.2, -0.15) is 10.1 Å². The minimum Gasteiger partial charge on any atom is -0.368 e. The predicted molar refractivity (Wildman–Crippen MR) is 63.8 cm³/mol. The third-order valence-electron chi connectivity index (χ3n) is 3.89. The molecule has 16 heavy (non-hydrogen) atoms. The maximum Gasteiger partial charge on any atom is 0.218 e. The van der Waals surface area contributed by atoms with Crippen molar-refractivity contribution < 1.29 is 0 Å². The summed E-state index contributed by atoms with van der Waals surface area (Å²) < 4.78 is 1.63. The van der Waals surface area contributed by atoms with Crippen molar-refractivity contribution in [1.29, 1.82) is 0 Å². The van der Waals surface area contributed by atoms with Crippen LogP contribution in [-0.4, -0.2) is 21.3 Å². The molecule has 5 heteroatoms. The number of rotatable bonds is 2. The van der Waals surface area contributed by atoms with E-state index in [1.807, 2.05) is 7.05 Å². The Labute approximate surface area is 96.2 Å². The van der Waals surface area contributed by atoms with E-state index in [1.54, 1.807) is 4.68 Å². The molecule has 0 radical (unpaired) electrons. The van der Waals surface area contributed by atoms with Gasteiger partial charge in [-0.1, -0.05) is 6.92 Å². The van der Waals surface area contributed by atoms with Crippen molar-refractivity contribution in [1.82, 2.24) is 14.8 Å². The zero-order valence-corrected chi connectivity index (χ0v) is 10.1. The van der Waals surface area contributed by atoms with E-state index in [2.05, 4.69) is 17.0 Å². The quantitative estimate of drug-likeness (QED) is 0.777. The number of nitrogen functional groups attached to an aromatic ring is 1. The van der Waals surface area contributed by atoms with Crippen molar-refractivity contribution in [3.8, 4) is 0 Å². The molecule has 1 aromatic heterocycles. The van der Waals surface area contributed by atoms with Crippen LogP contribution in [0.5, 0.6) is 0 Å². The van der Waals surface area contributed by atoms with Gasteiger partial charge in [0.25, 0.3) is 0 Å². The van der Waals surface area contributed by atoms with Gasteiger partial charge in [-0.3, -0.25) is 0 Å². The van der Waals surface area contributed by atoms with Gasteiger partial charge >= 0.3 is 0 Å². The fraction of sp³-hybridized carbons (Fsp3) is 0.818. The molecule has 0 aliphatic heterocycles. The maximum atomic E-state index is 5.94. The second kappa shape index (κ2) is 4.05. The number of anilines is 1. The van der Waals surface area contributed by atoms with Crippen LogP contribution in [0.15, 0.2) is 0 Å². The highest BCUT2D eigenvalue weighted by Gasteiger charge is 2.38. The van der Waals surface area contributed by atoms with E-state index in [-0.39, 0.29) is 5.41 Å². The molecule has 5 nitrogen and oxygen atoms in total. The fourth-order valence-electron chi connectivity index (χ4n) is 2.45. The predicted octanol–water partition coefficient (Wildman–Crippen LogP) is 0.804. The number of nitrogens with zero attached hydrogens (tertiary/aromatic N) is 3. The van der Waals surface area contributed by atoms with Gasteiger partial charge in [-0.25, -0.2) is 4.68 Å². The Morgan fingerprint density at radius 1 is 1.44 bits per heavy atom. The molecule has 90 valence electrons. The van der Waals surface area contributed by atoms with Gasteiger partial charge in [-0.15, -0.1) is 0 Å². The molecular formula is C11H21N5. The van der Waals surface area contributed by atoms with E-state index in [1.165, 1.54) is 12.8 Å². The average molecular weight is 223 g/mol. The molecule has 2 rings (SSSR count). The zero-order valence-electron chi connectivity index (χ0n) is 10.1. The van der Waals surface area contributed by atoms with Crippen LogP contribution in [0.4, 0.5) is 5.95 Å². The molecule has 1 aliphatic rings. The molecule has 0 unspecified atom stereocenters. The van der Waals surface area contributed by atoms with Gasteiger partial charge in [-0.05, 0) is 31.6 Å². The molecule has 1 fully saturated rings. The largest absolute Gasteiger partial charge is 0.368 e. The first-order chi connectivity index (χ1) is 7.57. The van der Waals surface area contributed by atoms with Crippen LogP contribution in [0.1, 0.15) is 38.4 Å². The molecule has 1 aromatic rings. The fourth-order valence-corrected chi connectivity index (χ4v) is 2.45. The second-order valence-corrected chi connectivity index (χ2v) is 5.08. The number of hydrogen-bond donors (Lipinski definition) is 2. The van der Waals surface area contributed by atoms with Crippen molar-refractivity contribution >= 4 is 5.95 Å². The van der Waals surface area contributed by atoms with Crippen LogP contribution in [-0.2, 0) is 12.5 Å². The summed E-state index contributed by atoms with van der Waals surface area (Å²) in [6.45, 7) is 2.91. The van der Waals surface area contributed by atoms with Crippen LogP contribution in [0.2, 0.25) is 0 Å². The van der Waals surface area contributed by atoms with Gasteiger partial charge in [0.1, 0.15) is 0 Å². The van der Waals surface area contributed by atoms with Crippen molar-refractivity contribution in [3.05, 3.63) is 5.82 Å². The van der Waals surface area contributed by atoms with Crippen LogP contribution in [0, 0.1) is 5.92 Å². The first kappa shape index (κ1) is 11.4. The standard InChI is InChI=1S/C11H21N5/c1-8-3-5-11(7-12,6-4-8)9-14-10(13)16(2)15-9/h8H,3-7,12H2,1-2H3,(H2,13,14,15). The monoisotopic (exact) mass is 223 g/mol. The Morgan fingerprint density at radius 2 is 2.06 bits per heavy atom. The number of hydrogen-bond acceptors (Lipinski definition) is 4. The van der Waals surface area contributed by atoms with Gasteiger partial charge in [0, 0.05) is 19.0 Å². The highest BCUT2D eigenvalue weighted by atomic mass is 15.4. The van der Waals surface area contributed by atoms with E-state index in [0.29, 0.717) is 12.5 Å². The Balaban J connectivity index is 2.27. The number of aryl methyl sites for hydroxylation is 1. The lowest BCUT2D eigenvalue weighted by molar-refractivity contribution is 0.236. The summed E-state index contributed by atoms with van der Waals surface area (Å²) in [6, 6.07) is 0. The van der Waals surface area contributed by atoms with Gasteiger partial charge in [0.15, 0.2) is 5.82 Å². The Kier molecular flexibility index (Phi) is 2.88. The molecule has 0 aromatic carbocycles. The Bertz CT molecular complexity index is 343. The molecule has 0 amide bonds. The molecule has 0 spiro atoms. The molecule has 1 aliphatic carbocycles. The zero-order chi connectivity index (χ0) is 11.8. The van der Waals surface area contributed by atoms with E-state index in [4.69, 9.17) is 11.5 Å². The Morgan fingerprint density at radius 3 is 2.50 bits per heavy atom. The van der Waals surface area contributed by atoms with E-state index in [0.717, 1.165) is 24.6 Å². The van der Waals surface area contributed by atoms with Crippen LogP contribution in [0.3, 0.4) is 0 Å². The summed E-state index contributed by atoms with van der Waals surface area (Å²) in [5.41, 5.74) is 11.6. The average Bonchev–Trinajstić information content (AvgIpc) is 2.61. The lowest BCUT2D eigenvalue weighted by atomic mass is 9.70.